The van der Waals surface area contributed by atoms with Gasteiger partial charge in [-0.1, -0.05) is 6.08 Å². The lowest BCUT2D eigenvalue weighted by molar-refractivity contribution is -0.207. The number of carbonyl (C=O) groups is 4. The lowest BCUT2D eigenvalue weighted by atomic mass is 9.39. The molecule has 8 aliphatic rings. The molecule has 0 amide bonds. The fourth-order valence-corrected chi connectivity index (χ4v) is 10.5. The first-order valence-corrected chi connectivity index (χ1v) is 13.0. The van der Waals surface area contributed by atoms with Crippen molar-refractivity contribution in [1.82, 2.24) is 0 Å². The number of carboxylic acids is 3. The highest BCUT2D eigenvalue weighted by molar-refractivity contribution is 5.89. The highest BCUT2D eigenvalue weighted by atomic mass is 16.6. The maximum Gasteiger partial charge on any atom is 0.333 e. The van der Waals surface area contributed by atoms with E-state index in [0.29, 0.717) is 69.8 Å². The fraction of sp³-hybridized carbons (Fsp3) is 0.778. The van der Waals surface area contributed by atoms with E-state index in [1.165, 1.54) is 0 Å². The van der Waals surface area contributed by atoms with Gasteiger partial charge in [-0.25, -0.2) is 4.79 Å². The van der Waals surface area contributed by atoms with Crippen LogP contribution in [0.25, 0.3) is 0 Å². The van der Waals surface area contributed by atoms with Crippen LogP contribution < -0.4 is 0 Å². The van der Waals surface area contributed by atoms with Crippen LogP contribution in [0.15, 0.2) is 11.6 Å². The summed E-state index contributed by atoms with van der Waals surface area (Å²) in [6.07, 6.45) is 8.46. The van der Waals surface area contributed by atoms with Crippen LogP contribution in [0.1, 0.15) is 84.0 Å². The summed E-state index contributed by atoms with van der Waals surface area (Å²) in [5, 5.41) is 30.2. The average Bonchev–Trinajstić information content (AvgIpc) is 2.70. The molecule has 35 heavy (non-hydrogen) atoms. The Morgan fingerprint density at radius 2 is 1.20 bits per heavy atom. The highest BCUT2D eigenvalue weighted by Gasteiger charge is 2.68. The molecule has 8 aliphatic carbocycles. The predicted octanol–water partition coefficient (Wildman–Crippen LogP) is 4.03. The normalized spacial score (nSPS) is 49.2. The van der Waals surface area contributed by atoms with Crippen LogP contribution >= 0.6 is 0 Å². The summed E-state index contributed by atoms with van der Waals surface area (Å²) in [5.74, 6) is -2.59. The smallest absolute Gasteiger partial charge is 0.333 e. The molecule has 0 aliphatic heterocycles. The second-order valence-electron chi connectivity index (χ2n) is 13.5. The minimum atomic E-state index is -1.06. The molecule has 8 fully saturated rings. The first-order chi connectivity index (χ1) is 16.3. The van der Waals surface area contributed by atoms with E-state index in [0.717, 1.165) is 6.42 Å². The first kappa shape index (κ1) is 23.0. The number of carbonyl (C=O) groups excluding carboxylic acids is 1. The van der Waals surface area contributed by atoms with Crippen LogP contribution in [0.4, 0.5) is 0 Å². The molecular weight excluding hydrogens is 452 g/mol. The molecule has 8 rings (SSSR count). The standard InChI is InChI=1S/C27H34O8/c1-15(19(28)35-27-9-16-2-17(10-27)6-24(5-16,14-27)20(29)30)3-23-4-18-7-25(11-23,21(31)32)13-26(8-18,12-23)22(33)34/h3,16-18H,2,4-14H2,1H3,(H,29,30)(H,31,32)(H,33,34). The van der Waals surface area contributed by atoms with Crippen LogP contribution in [0.5, 0.6) is 0 Å². The van der Waals surface area contributed by atoms with Crippen molar-refractivity contribution >= 4 is 23.9 Å². The maximum absolute atomic E-state index is 13.4. The molecular formula is C27H34O8. The summed E-state index contributed by atoms with van der Waals surface area (Å²) in [5.41, 5.74) is -3.94. The van der Waals surface area contributed by atoms with E-state index in [2.05, 4.69) is 0 Å². The number of allylic oxidation sites excluding steroid dienone is 1. The lowest BCUT2D eigenvalue weighted by Gasteiger charge is -2.63. The Morgan fingerprint density at radius 1 is 0.686 bits per heavy atom. The number of aliphatic carboxylic acids is 3. The molecule has 0 aromatic carbocycles. The molecule has 8 nitrogen and oxygen atoms in total. The second-order valence-corrected chi connectivity index (χ2v) is 13.5. The Labute approximate surface area is 204 Å². The molecule has 4 atom stereocenters. The van der Waals surface area contributed by atoms with E-state index in [1.54, 1.807) is 6.92 Å². The minimum Gasteiger partial charge on any atom is -0.481 e. The van der Waals surface area contributed by atoms with Crippen molar-refractivity contribution in [2.24, 2.45) is 39.4 Å². The van der Waals surface area contributed by atoms with E-state index < -0.39 is 51.1 Å². The van der Waals surface area contributed by atoms with Crippen LogP contribution in [-0.4, -0.2) is 44.8 Å². The Balaban J connectivity index is 1.28. The summed E-state index contributed by atoms with van der Waals surface area (Å²) in [4.78, 5) is 50.2. The molecule has 0 aromatic heterocycles. The van der Waals surface area contributed by atoms with Gasteiger partial charge in [-0.3, -0.25) is 14.4 Å². The number of carboxylic acid groups (broad SMARTS) is 3. The predicted molar refractivity (Wildman–Crippen MR) is 121 cm³/mol. The van der Waals surface area contributed by atoms with Gasteiger partial charge in [0.05, 0.1) is 16.2 Å². The summed E-state index contributed by atoms with van der Waals surface area (Å²) in [6, 6.07) is 0. The van der Waals surface area contributed by atoms with E-state index in [9.17, 15) is 34.5 Å². The van der Waals surface area contributed by atoms with Gasteiger partial charge in [-0.2, -0.15) is 0 Å². The zero-order valence-electron chi connectivity index (χ0n) is 20.2. The van der Waals surface area contributed by atoms with Gasteiger partial charge in [0.25, 0.3) is 0 Å². The second kappa shape index (κ2) is 6.88. The van der Waals surface area contributed by atoms with Gasteiger partial charge in [0, 0.05) is 12.0 Å². The van der Waals surface area contributed by atoms with Crippen molar-refractivity contribution in [1.29, 1.82) is 0 Å². The fourth-order valence-electron chi connectivity index (χ4n) is 10.5. The van der Waals surface area contributed by atoms with Gasteiger partial charge >= 0.3 is 23.9 Å². The third-order valence-electron chi connectivity index (χ3n) is 10.6. The van der Waals surface area contributed by atoms with Crippen molar-refractivity contribution in [2.75, 3.05) is 0 Å². The zero-order valence-corrected chi connectivity index (χ0v) is 20.2. The summed E-state index contributed by atoms with van der Waals surface area (Å²) in [6.45, 7) is 1.68. The molecule has 0 heterocycles. The molecule has 4 unspecified atom stereocenters. The minimum absolute atomic E-state index is 0.0112. The zero-order chi connectivity index (χ0) is 25.0. The van der Waals surface area contributed by atoms with Crippen LogP contribution in [0, 0.1) is 39.4 Å². The van der Waals surface area contributed by atoms with Gasteiger partial charge < -0.3 is 20.1 Å². The SMILES string of the molecule is CC(=CC12CC3CC(C(=O)O)(C1)CC(C(=O)O)(C3)C2)C(=O)OC12CC3CC(C1)CC(C(=O)O)(C3)C2. The third kappa shape index (κ3) is 3.23. The van der Waals surface area contributed by atoms with Gasteiger partial charge in [-0.15, -0.1) is 0 Å². The first-order valence-electron chi connectivity index (χ1n) is 13.0. The van der Waals surface area contributed by atoms with Crippen LogP contribution in [0.3, 0.4) is 0 Å². The topological polar surface area (TPSA) is 138 Å². The molecule has 8 heteroatoms. The molecule has 190 valence electrons. The van der Waals surface area contributed by atoms with Gasteiger partial charge in [0.15, 0.2) is 0 Å². The Morgan fingerprint density at radius 3 is 1.71 bits per heavy atom. The monoisotopic (exact) mass is 486 g/mol. The number of hydrogen-bond acceptors (Lipinski definition) is 5. The molecule has 0 radical (unpaired) electrons. The lowest BCUT2D eigenvalue weighted by Crippen LogP contribution is -2.61. The Hall–Kier alpha value is -2.38. The van der Waals surface area contributed by atoms with Crippen LogP contribution in [0.2, 0.25) is 0 Å². The Kier molecular flexibility index (Phi) is 4.53. The Bertz CT molecular complexity index is 1030. The molecule has 0 spiro atoms. The summed E-state index contributed by atoms with van der Waals surface area (Å²) >= 11 is 0. The summed E-state index contributed by atoms with van der Waals surface area (Å²) in [7, 11) is 0. The average molecular weight is 487 g/mol. The van der Waals surface area contributed by atoms with Crippen molar-refractivity contribution in [3.63, 3.8) is 0 Å². The van der Waals surface area contributed by atoms with Gasteiger partial charge in [0.1, 0.15) is 5.60 Å². The highest BCUT2D eigenvalue weighted by Crippen LogP contribution is 2.70. The van der Waals surface area contributed by atoms with E-state index >= 15 is 0 Å². The van der Waals surface area contributed by atoms with E-state index in [1.807, 2.05) is 6.08 Å². The molecule has 3 N–H and O–H groups in total. The van der Waals surface area contributed by atoms with Crippen molar-refractivity contribution in [3.8, 4) is 0 Å². The van der Waals surface area contributed by atoms with Crippen molar-refractivity contribution < 1.29 is 39.2 Å². The van der Waals surface area contributed by atoms with Gasteiger partial charge in [-0.05, 0) is 101 Å². The largest absolute Gasteiger partial charge is 0.481 e. The quantitative estimate of drug-likeness (QED) is 0.378. The third-order valence-corrected chi connectivity index (χ3v) is 10.6. The number of esters is 1. The molecule has 8 saturated carbocycles. The van der Waals surface area contributed by atoms with Crippen molar-refractivity contribution in [3.05, 3.63) is 11.6 Å². The number of ether oxygens (including phenoxy) is 1. The molecule has 0 saturated heterocycles. The van der Waals surface area contributed by atoms with Gasteiger partial charge in [0.2, 0.25) is 0 Å². The number of rotatable bonds is 6. The maximum atomic E-state index is 13.4. The van der Waals surface area contributed by atoms with Crippen LogP contribution in [-0.2, 0) is 23.9 Å². The summed E-state index contributed by atoms with van der Waals surface area (Å²) < 4.78 is 6.14. The van der Waals surface area contributed by atoms with E-state index in [4.69, 9.17) is 4.74 Å². The number of hydrogen-bond donors (Lipinski definition) is 3. The van der Waals surface area contributed by atoms with E-state index in [-0.39, 0.29) is 24.2 Å². The molecule has 0 aromatic rings. The van der Waals surface area contributed by atoms with Crippen molar-refractivity contribution in [2.45, 2.75) is 89.6 Å². The molecule has 8 bridgehead atoms.